The summed E-state index contributed by atoms with van der Waals surface area (Å²) in [5.41, 5.74) is 3.72. The van der Waals surface area contributed by atoms with Gasteiger partial charge in [-0.15, -0.1) is 12.4 Å². The van der Waals surface area contributed by atoms with Crippen molar-refractivity contribution >= 4 is 33.3 Å². The van der Waals surface area contributed by atoms with E-state index in [-0.39, 0.29) is 17.3 Å². The second-order valence-electron chi connectivity index (χ2n) is 7.01. The van der Waals surface area contributed by atoms with Crippen LogP contribution in [0.5, 0.6) is 0 Å². The minimum Gasteiger partial charge on any atom is -0.302 e. The lowest BCUT2D eigenvalue weighted by Gasteiger charge is -2.12. The number of nitrogens with zero attached hydrogens (tertiary/aromatic N) is 2. The summed E-state index contributed by atoms with van der Waals surface area (Å²) in [4.78, 5) is 2.33. The van der Waals surface area contributed by atoms with Crippen molar-refractivity contribution in [3.05, 3.63) is 65.1 Å². The Kier molecular flexibility index (Phi) is 5.34. The predicted octanol–water partition coefficient (Wildman–Crippen LogP) is 4.13. The quantitative estimate of drug-likeness (QED) is 0.640. The van der Waals surface area contributed by atoms with Crippen molar-refractivity contribution in [1.82, 2.24) is 8.87 Å². The van der Waals surface area contributed by atoms with Crippen molar-refractivity contribution in [3.8, 4) is 0 Å². The van der Waals surface area contributed by atoms with Gasteiger partial charge >= 0.3 is 0 Å². The SMILES string of the molecule is Cc1ccc2c(c1)c1c(n2S(=O)(=O)c2ccc(F)cc2)CCCN(C)C1.Cl. The van der Waals surface area contributed by atoms with Gasteiger partial charge in [0.05, 0.1) is 10.4 Å². The fourth-order valence-electron chi connectivity index (χ4n) is 3.77. The molecular weight excluding hydrogens is 387 g/mol. The summed E-state index contributed by atoms with van der Waals surface area (Å²) in [6.07, 6.45) is 1.60. The first-order chi connectivity index (χ1) is 12.4. The van der Waals surface area contributed by atoms with Crippen LogP contribution in [0.4, 0.5) is 4.39 Å². The third-order valence-electron chi connectivity index (χ3n) is 5.02. The number of halogens is 2. The van der Waals surface area contributed by atoms with Crippen LogP contribution in [0.1, 0.15) is 23.2 Å². The summed E-state index contributed by atoms with van der Waals surface area (Å²) in [5.74, 6) is -0.447. The second-order valence-corrected chi connectivity index (χ2v) is 8.80. The van der Waals surface area contributed by atoms with Gasteiger partial charge in [-0.05, 0) is 75.3 Å². The van der Waals surface area contributed by atoms with Crippen molar-refractivity contribution in [2.45, 2.75) is 31.2 Å². The van der Waals surface area contributed by atoms with Crippen molar-refractivity contribution in [2.75, 3.05) is 13.6 Å². The van der Waals surface area contributed by atoms with E-state index in [1.165, 1.54) is 28.2 Å². The van der Waals surface area contributed by atoms with E-state index >= 15 is 0 Å². The maximum absolute atomic E-state index is 13.4. The second kappa shape index (κ2) is 7.26. The van der Waals surface area contributed by atoms with Gasteiger partial charge in [-0.3, -0.25) is 0 Å². The molecule has 2 aromatic carbocycles. The van der Waals surface area contributed by atoms with Crippen molar-refractivity contribution in [1.29, 1.82) is 0 Å². The molecule has 1 aliphatic rings. The molecule has 0 bridgehead atoms. The fourth-order valence-corrected chi connectivity index (χ4v) is 5.37. The first-order valence-corrected chi connectivity index (χ1v) is 10.1. The smallest absolute Gasteiger partial charge is 0.268 e. The van der Waals surface area contributed by atoms with E-state index in [1.807, 2.05) is 19.1 Å². The molecule has 144 valence electrons. The van der Waals surface area contributed by atoms with Crippen LogP contribution in [0.25, 0.3) is 10.9 Å². The molecule has 0 saturated heterocycles. The Bertz CT molecular complexity index is 1090. The fraction of sp³-hybridized carbons (Fsp3) is 0.300. The number of aromatic nitrogens is 1. The Morgan fingerprint density at radius 1 is 1.07 bits per heavy atom. The van der Waals surface area contributed by atoms with Crippen LogP contribution >= 0.6 is 12.4 Å². The lowest BCUT2D eigenvalue weighted by atomic mass is 10.1. The molecule has 0 spiro atoms. The third-order valence-corrected chi connectivity index (χ3v) is 6.79. The van der Waals surface area contributed by atoms with E-state index in [9.17, 15) is 12.8 Å². The maximum Gasteiger partial charge on any atom is 0.268 e. The minimum absolute atomic E-state index is 0. The predicted molar refractivity (Wildman–Crippen MR) is 108 cm³/mol. The number of hydrogen-bond acceptors (Lipinski definition) is 3. The molecule has 0 aliphatic carbocycles. The standard InChI is InChI=1S/C20H21FN2O2S.ClH/c1-14-5-10-20-17(12-14)18-13-22(2)11-3-4-19(18)23(20)26(24,25)16-8-6-15(21)7-9-16;/h5-10,12H,3-4,11,13H2,1-2H3;1H. The molecule has 0 saturated carbocycles. The molecule has 3 aromatic rings. The molecule has 27 heavy (non-hydrogen) atoms. The topological polar surface area (TPSA) is 42.3 Å². The molecule has 2 heterocycles. The molecule has 0 radical (unpaired) electrons. The maximum atomic E-state index is 13.4. The number of fused-ring (bicyclic) bond motifs is 3. The van der Waals surface area contributed by atoms with Gasteiger partial charge in [0.25, 0.3) is 10.0 Å². The van der Waals surface area contributed by atoms with E-state index in [0.29, 0.717) is 11.9 Å². The van der Waals surface area contributed by atoms with Crippen LogP contribution in [0.2, 0.25) is 0 Å². The monoisotopic (exact) mass is 408 g/mol. The number of hydrogen-bond donors (Lipinski definition) is 0. The van der Waals surface area contributed by atoms with E-state index < -0.39 is 15.8 Å². The van der Waals surface area contributed by atoms with Gasteiger partial charge in [0.15, 0.2) is 0 Å². The van der Waals surface area contributed by atoms with E-state index in [1.54, 1.807) is 0 Å². The van der Waals surface area contributed by atoms with Gasteiger partial charge in [-0.25, -0.2) is 16.8 Å². The lowest BCUT2D eigenvalue weighted by molar-refractivity contribution is 0.333. The summed E-state index contributed by atoms with van der Waals surface area (Å²) in [6, 6.07) is 10.9. The number of rotatable bonds is 2. The van der Waals surface area contributed by atoms with Crippen LogP contribution in [0, 0.1) is 12.7 Å². The molecule has 4 nitrogen and oxygen atoms in total. The highest BCUT2D eigenvalue weighted by molar-refractivity contribution is 7.90. The minimum atomic E-state index is -3.80. The Balaban J connectivity index is 0.00000210. The Morgan fingerprint density at radius 3 is 2.48 bits per heavy atom. The van der Waals surface area contributed by atoms with E-state index in [2.05, 4.69) is 18.0 Å². The molecule has 0 unspecified atom stereocenters. The normalized spacial score (nSPS) is 15.2. The van der Waals surface area contributed by atoms with Gasteiger partial charge in [-0.1, -0.05) is 11.6 Å². The summed E-state index contributed by atoms with van der Waals surface area (Å²) in [6.45, 7) is 3.66. The van der Waals surface area contributed by atoms with Crippen LogP contribution in [-0.2, 0) is 23.0 Å². The first kappa shape index (κ1) is 19.9. The van der Waals surface area contributed by atoms with Crippen LogP contribution < -0.4 is 0 Å². The average Bonchev–Trinajstić information content (AvgIpc) is 2.76. The highest BCUT2D eigenvalue weighted by Gasteiger charge is 2.28. The summed E-state index contributed by atoms with van der Waals surface area (Å²) in [5, 5.41) is 0.986. The Hall–Kier alpha value is -1.89. The van der Waals surface area contributed by atoms with E-state index in [4.69, 9.17) is 0 Å². The van der Waals surface area contributed by atoms with Gasteiger partial charge in [-0.2, -0.15) is 0 Å². The zero-order chi connectivity index (χ0) is 18.5. The van der Waals surface area contributed by atoms with Crippen molar-refractivity contribution < 1.29 is 12.8 Å². The van der Waals surface area contributed by atoms with Gasteiger partial charge < -0.3 is 4.90 Å². The summed E-state index contributed by atoms with van der Waals surface area (Å²) in [7, 11) is -1.74. The third kappa shape index (κ3) is 3.37. The summed E-state index contributed by atoms with van der Waals surface area (Å²) >= 11 is 0. The Morgan fingerprint density at radius 2 is 1.78 bits per heavy atom. The molecule has 0 amide bonds. The number of benzene rings is 2. The lowest BCUT2D eigenvalue weighted by Crippen LogP contribution is -2.17. The van der Waals surface area contributed by atoms with Crippen LogP contribution in [0.15, 0.2) is 47.4 Å². The molecule has 1 aliphatic heterocycles. The van der Waals surface area contributed by atoms with Gasteiger partial charge in [0.2, 0.25) is 0 Å². The molecule has 4 rings (SSSR count). The molecule has 0 fully saturated rings. The van der Waals surface area contributed by atoms with Crippen LogP contribution in [0.3, 0.4) is 0 Å². The highest BCUT2D eigenvalue weighted by atomic mass is 35.5. The molecule has 1 aromatic heterocycles. The van der Waals surface area contributed by atoms with Gasteiger partial charge in [0.1, 0.15) is 5.82 Å². The molecule has 7 heteroatoms. The zero-order valence-electron chi connectivity index (χ0n) is 15.3. The number of aryl methyl sites for hydroxylation is 1. The molecule has 0 atom stereocenters. The highest BCUT2D eigenvalue weighted by Crippen LogP contribution is 2.34. The largest absolute Gasteiger partial charge is 0.302 e. The van der Waals surface area contributed by atoms with Crippen molar-refractivity contribution in [2.24, 2.45) is 0 Å². The van der Waals surface area contributed by atoms with Gasteiger partial charge in [0, 0.05) is 17.6 Å². The van der Waals surface area contributed by atoms with Crippen LogP contribution in [-0.4, -0.2) is 30.9 Å². The van der Waals surface area contributed by atoms with Crippen molar-refractivity contribution in [3.63, 3.8) is 0 Å². The first-order valence-electron chi connectivity index (χ1n) is 8.70. The molecular formula is C20H22ClFN2O2S. The summed E-state index contributed by atoms with van der Waals surface area (Å²) < 4.78 is 41.5. The zero-order valence-corrected chi connectivity index (χ0v) is 16.9. The Labute approximate surface area is 165 Å². The average molecular weight is 409 g/mol. The van der Waals surface area contributed by atoms with E-state index in [0.717, 1.165) is 41.7 Å². The molecule has 0 N–H and O–H groups in total.